The summed E-state index contributed by atoms with van der Waals surface area (Å²) in [5, 5.41) is 9.24. The third-order valence-corrected chi connectivity index (χ3v) is 3.72. The molecule has 1 fully saturated rings. The normalized spacial score (nSPS) is 18.7. The quantitative estimate of drug-likeness (QED) is 0.888. The molecule has 0 amide bonds. The number of hydrogen-bond acceptors (Lipinski definition) is 3. The average molecular weight is 276 g/mol. The zero-order valence-corrected chi connectivity index (χ0v) is 11.0. The van der Waals surface area contributed by atoms with Crippen LogP contribution in [0.5, 0.6) is 0 Å². The predicted molar refractivity (Wildman–Crippen MR) is 73.1 cm³/mol. The van der Waals surface area contributed by atoms with E-state index in [1.165, 1.54) is 10.6 Å². The first kappa shape index (κ1) is 12.9. The highest BCUT2D eigenvalue weighted by atomic mass is 16.5. The Morgan fingerprint density at radius 3 is 3.05 bits per heavy atom. The number of hydrogen-bond donors (Lipinski definition) is 2. The van der Waals surface area contributed by atoms with Gasteiger partial charge in [-0.05, 0) is 31.4 Å². The Morgan fingerprint density at radius 2 is 2.35 bits per heavy atom. The molecule has 2 heterocycles. The fourth-order valence-electron chi connectivity index (χ4n) is 2.75. The van der Waals surface area contributed by atoms with Crippen molar-refractivity contribution in [1.82, 2.24) is 9.55 Å². The minimum Gasteiger partial charge on any atom is -0.478 e. The van der Waals surface area contributed by atoms with Crippen molar-refractivity contribution < 1.29 is 14.6 Å². The minimum absolute atomic E-state index is 0.146. The largest absolute Gasteiger partial charge is 0.478 e. The summed E-state index contributed by atoms with van der Waals surface area (Å²) in [6, 6.07) is 4.86. The molecule has 1 saturated heterocycles. The third-order valence-electron chi connectivity index (χ3n) is 3.72. The summed E-state index contributed by atoms with van der Waals surface area (Å²) >= 11 is 0. The Morgan fingerprint density at radius 1 is 1.50 bits per heavy atom. The molecule has 1 aromatic heterocycles. The highest BCUT2D eigenvalue weighted by molar-refractivity contribution is 6.01. The number of para-hydroxylation sites is 1. The van der Waals surface area contributed by atoms with Crippen molar-refractivity contribution >= 4 is 17.0 Å². The SMILES string of the molecule is O=C(O)c1cccc2[nH]c(=O)n(CCC3CCCO3)c12. The first-order chi connectivity index (χ1) is 9.66. The number of aromatic amines is 1. The molecule has 1 unspecified atom stereocenters. The lowest BCUT2D eigenvalue weighted by Gasteiger charge is -2.10. The lowest BCUT2D eigenvalue weighted by atomic mass is 10.1. The summed E-state index contributed by atoms with van der Waals surface area (Å²) in [4.78, 5) is 26.0. The van der Waals surface area contributed by atoms with Gasteiger partial charge in [0.05, 0.1) is 22.7 Å². The number of ether oxygens (including phenoxy) is 1. The standard InChI is InChI=1S/C14H16N2O4/c17-13(18)10-4-1-5-11-12(10)16(14(19)15-11)7-6-9-3-2-8-20-9/h1,4-5,9H,2-3,6-8H2,(H,15,19)(H,17,18). The number of carbonyl (C=O) groups is 1. The van der Waals surface area contributed by atoms with Crippen LogP contribution in [0.25, 0.3) is 11.0 Å². The summed E-state index contributed by atoms with van der Waals surface area (Å²) in [5.41, 5.74) is 0.894. The van der Waals surface area contributed by atoms with Crippen molar-refractivity contribution in [3.05, 3.63) is 34.2 Å². The molecule has 2 N–H and O–H groups in total. The van der Waals surface area contributed by atoms with Crippen LogP contribution in [0.15, 0.2) is 23.0 Å². The number of rotatable bonds is 4. The second-order valence-corrected chi connectivity index (χ2v) is 5.01. The predicted octanol–water partition coefficient (Wildman–Crippen LogP) is 1.60. The van der Waals surface area contributed by atoms with Gasteiger partial charge in [0.1, 0.15) is 0 Å². The van der Waals surface area contributed by atoms with Gasteiger partial charge < -0.3 is 14.8 Å². The number of aryl methyl sites for hydroxylation is 1. The van der Waals surface area contributed by atoms with E-state index in [4.69, 9.17) is 4.74 Å². The van der Waals surface area contributed by atoms with Gasteiger partial charge in [0, 0.05) is 13.2 Å². The minimum atomic E-state index is -1.03. The molecule has 106 valence electrons. The van der Waals surface area contributed by atoms with Crippen LogP contribution in [0.3, 0.4) is 0 Å². The van der Waals surface area contributed by atoms with Crippen LogP contribution in [0.2, 0.25) is 0 Å². The molecule has 1 aliphatic rings. The van der Waals surface area contributed by atoms with Crippen LogP contribution in [0.4, 0.5) is 0 Å². The summed E-state index contributed by atoms with van der Waals surface area (Å²) in [7, 11) is 0. The molecular weight excluding hydrogens is 260 g/mol. The van der Waals surface area contributed by atoms with Crippen LogP contribution in [-0.4, -0.2) is 33.3 Å². The van der Waals surface area contributed by atoms with E-state index in [9.17, 15) is 14.7 Å². The molecule has 20 heavy (non-hydrogen) atoms. The number of carboxylic acids is 1. The van der Waals surface area contributed by atoms with E-state index < -0.39 is 5.97 Å². The number of aromatic carboxylic acids is 1. The van der Waals surface area contributed by atoms with Crippen molar-refractivity contribution in [2.24, 2.45) is 0 Å². The van der Waals surface area contributed by atoms with Gasteiger partial charge in [-0.25, -0.2) is 9.59 Å². The van der Waals surface area contributed by atoms with E-state index in [0.29, 0.717) is 17.6 Å². The van der Waals surface area contributed by atoms with E-state index in [1.807, 2.05) is 0 Å². The highest BCUT2D eigenvalue weighted by Gasteiger charge is 2.19. The molecule has 6 heteroatoms. The molecule has 0 bridgehead atoms. The van der Waals surface area contributed by atoms with Crippen LogP contribution >= 0.6 is 0 Å². The van der Waals surface area contributed by atoms with Gasteiger partial charge in [0.15, 0.2) is 0 Å². The smallest absolute Gasteiger partial charge is 0.337 e. The molecule has 0 radical (unpaired) electrons. The van der Waals surface area contributed by atoms with Gasteiger partial charge in [0.2, 0.25) is 0 Å². The van der Waals surface area contributed by atoms with Crippen LogP contribution in [-0.2, 0) is 11.3 Å². The molecule has 1 aliphatic heterocycles. The van der Waals surface area contributed by atoms with E-state index in [-0.39, 0.29) is 17.4 Å². The summed E-state index contributed by atoms with van der Waals surface area (Å²) in [6.45, 7) is 1.24. The van der Waals surface area contributed by atoms with Gasteiger partial charge in [-0.15, -0.1) is 0 Å². The topological polar surface area (TPSA) is 84.3 Å². The van der Waals surface area contributed by atoms with Crippen molar-refractivity contribution in [1.29, 1.82) is 0 Å². The van der Waals surface area contributed by atoms with E-state index >= 15 is 0 Å². The lowest BCUT2D eigenvalue weighted by Crippen LogP contribution is -2.20. The number of benzene rings is 1. The number of H-pyrrole nitrogens is 1. The van der Waals surface area contributed by atoms with Crippen LogP contribution in [0.1, 0.15) is 29.6 Å². The van der Waals surface area contributed by atoms with E-state index in [2.05, 4.69) is 4.98 Å². The van der Waals surface area contributed by atoms with Gasteiger partial charge in [-0.2, -0.15) is 0 Å². The Hall–Kier alpha value is -2.08. The Balaban J connectivity index is 1.98. The number of imidazole rings is 1. The molecule has 6 nitrogen and oxygen atoms in total. The molecule has 0 aliphatic carbocycles. The van der Waals surface area contributed by atoms with Crippen LogP contribution < -0.4 is 5.69 Å². The number of nitrogens with one attached hydrogen (secondary N) is 1. The van der Waals surface area contributed by atoms with Crippen molar-refractivity contribution in [2.75, 3.05) is 6.61 Å². The summed E-state index contributed by atoms with van der Waals surface area (Å²) in [5.74, 6) is -1.03. The molecule has 0 saturated carbocycles. The number of aromatic nitrogens is 2. The lowest BCUT2D eigenvalue weighted by molar-refractivity contribution is 0.0698. The number of carboxylic acid groups (broad SMARTS) is 1. The molecule has 1 aromatic carbocycles. The van der Waals surface area contributed by atoms with Gasteiger partial charge >= 0.3 is 11.7 Å². The van der Waals surface area contributed by atoms with Gasteiger partial charge in [-0.3, -0.25) is 4.57 Å². The van der Waals surface area contributed by atoms with Gasteiger partial charge in [-0.1, -0.05) is 6.07 Å². The fraction of sp³-hybridized carbons (Fsp3) is 0.429. The number of fused-ring (bicyclic) bond motifs is 1. The average Bonchev–Trinajstić information content (AvgIpc) is 3.02. The highest BCUT2D eigenvalue weighted by Crippen LogP contribution is 2.19. The Kier molecular flexibility index (Phi) is 3.31. The zero-order valence-electron chi connectivity index (χ0n) is 11.0. The zero-order chi connectivity index (χ0) is 14.1. The van der Waals surface area contributed by atoms with Crippen molar-refractivity contribution in [3.63, 3.8) is 0 Å². The number of nitrogens with zero attached hydrogens (tertiary/aromatic N) is 1. The monoisotopic (exact) mass is 276 g/mol. The Bertz CT molecular complexity index is 695. The van der Waals surface area contributed by atoms with Crippen molar-refractivity contribution in [2.45, 2.75) is 31.9 Å². The fourth-order valence-corrected chi connectivity index (χ4v) is 2.75. The second kappa shape index (κ2) is 5.13. The molecule has 1 atom stereocenters. The van der Waals surface area contributed by atoms with E-state index in [0.717, 1.165) is 25.9 Å². The Labute approximate surface area is 115 Å². The second-order valence-electron chi connectivity index (χ2n) is 5.01. The molecule has 3 rings (SSSR count). The molecule has 2 aromatic rings. The molecular formula is C14H16N2O4. The van der Waals surface area contributed by atoms with E-state index in [1.54, 1.807) is 12.1 Å². The summed E-state index contributed by atoms with van der Waals surface area (Å²) in [6.07, 6.45) is 2.95. The first-order valence-electron chi connectivity index (χ1n) is 6.73. The maximum atomic E-state index is 12.0. The van der Waals surface area contributed by atoms with Gasteiger partial charge in [0.25, 0.3) is 0 Å². The van der Waals surface area contributed by atoms with Crippen LogP contribution in [0, 0.1) is 0 Å². The first-order valence-corrected chi connectivity index (χ1v) is 6.73. The maximum absolute atomic E-state index is 12.0. The summed E-state index contributed by atoms with van der Waals surface area (Å²) < 4.78 is 7.04. The third kappa shape index (κ3) is 2.22. The van der Waals surface area contributed by atoms with Crippen molar-refractivity contribution in [3.8, 4) is 0 Å². The molecule has 0 spiro atoms. The maximum Gasteiger partial charge on any atom is 0.337 e.